The summed E-state index contributed by atoms with van der Waals surface area (Å²) < 4.78 is 0. The second kappa shape index (κ2) is 8.38. The number of amides is 4. The number of halogens is 1. The van der Waals surface area contributed by atoms with Crippen LogP contribution in [0.15, 0.2) is 48.4 Å². The van der Waals surface area contributed by atoms with Crippen molar-refractivity contribution in [2.75, 3.05) is 11.1 Å². The molecule has 1 saturated heterocycles. The van der Waals surface area contributed by atoms with Crippen molar-refractivity contribution in [3.05, 3.63) is 53.5 Å². The maximum Gasteiger partial charge on any atom is 0.322 e. The van der Waals surface area contributed by atoms with Gasteiger partial charge in [0.2, 0.25) is 5.91 Å². The molecule has 3 aromatic heterocycles. The highest BCUT2D eigenvalue weighted by atomic mass is 35.5. The molecule has 0 unspecified atom stereocenters. The second-order valence-electron chi connectivity index (χ2n) is 8.32. The van der Waals surface area contributed by atoms with Gasteiger partial charge in [-0.15, -0.1) is 0 Å². The van der Waals surface area contributed by atoms with Gasteiger partial charge in [-0.1, -0.05) is 17.2 Å². The molecule has 0 bridgehead atoms. The van der Waals surface area contributed by atoms with Gasteiger partial charge < -0.3 is 16.4 Å². The van der Waals surface area contributed by atoms with Crippen molar-refractivity contribution >= 4 is 51.9 Å². The van der Waals surface area contributed by atoms with E-state index in [2.05, 4.69) is 30.9 Å². The second-order valence-corrected chi connectivity index (χ2v) is 8.73. The fourth-order valence-electron chi connectivity index (χ4n) is 4.32. The molecule has 4 heterocycles. The number of aromatic nitrogens is 3. The monoisotopic (exact) mass is 477 g/mol. The first kappa shape index (κ1) is 21.8. The van der Waals surface area contributed by atoms with Crippen molar-refractivity contribution in [2.24, 2.45) is 0 Å². The Morgan fingerprint density at radius 1 is 1.21 bits per heavy atom. The highest BCUT2D eigenvalue weighted by molar-refractivity contribution is 6.33. The first-order chi connectivity index (χ1) is 16.3. The number of anilines is 2. The molecule has 2 fully saturated rings. The average Bonchev–Trinajstić information content (AvgIpc) is 3.07. The van der Waals surface area contributed by atoms with Gasteiger partial charge in [0.15, 0.2) is 0 Å². The molecular formula is C23H20ClN7O3. The molecule has 1 spiro atoms. The molecule has 3 aromatic rings. The van der Waals surface area contributed by atoms with Crippen LogP contribution in [0.4, 0.5) is 16.4 Å². The summed E-state index contributed by atoms with van der Waals surface area (Å²) in [6, 6.07) is 4.73. The molecule has 4 amide bonds. The van der Waals surface area contributed by atoms with Crippen LogP contribution in [0.1, 0.15) is 25.7 Å². The topological polar surface area (TPSA) is 152 Å². The standard InChI is InChI=1S/C23H20ClN7O3/c24-16-3-6-26-10-15(16)17-8-13-9-18(27-11-14(13)20(25)28-17)29-19(32)7-12-1-4-23(5-2-12)21(33)30-22(34)31-23/h3,6-11H,1-2,4-5H2,(H2,25,28)(H,27,29,32)(H2,30,31,33,34). The molecule has 0 radical (unpaired) electrons. The third kappa shape index (κ3) is 4.03. The number of nitrogens with two attached hydrogens (primary N) is 1. The van der Waals surface area contributed by atoms with Crippen LogP contribution in [0.25, 0.3) is 22.0 Å². The van der Waals surface area contributed by atoms with Crippen LogP contribution in [0.2, 0.25) is 5.02 Å². The maximum atomic E-state index is 12.6. The zero-order valence-electron chi connectivity index (χ0n) is 17.9. The number of urea groups is 1. The molecule has 2 aliphatic rings. The summed E-state index contributed by atoms with van der Waals surface area (Å²) in [6.45, 7) is 0. The van der Waals surface area contributed by atoms with Crippen LogP contribution in [0.5, 0.6) is 0 Å². The lowest BCUT2D eigenvalue weighted by Crippen LogP contribution is -2.48. The minimum Gasteiger partial charge on any atom is -0.383 e. The molecule has 172 valence electrons. The number of rotatable bonds is 3. The van der Waals surface area contributed by atoms with Gasteiger partial charge in [-0.05, 0) is 49.3 Å². The lowest BCUT2D eigenvalue weighted by Gasteiger charge is -2.31. The van der Waals surface area contributed by atoms with Crippen molar-refractivity contribution < 1.29 is 14.4 Å². The third-order valence-electron chi connectivity index (χ3n) is 6.14. The molecule has 1 saturated carbocycles. The summed E-state index contributed by atoms with van der Waals surface area (Å²) in [5.41, 5.74) is 7.36. The number of carbonyl (C=O) groups excluding carboxylic acids is 3. The Balaban J connectivity index is 1.33. The van der Waals surface area contributed by atoms with E-state index in [1.54, 1.807) is 30.7 Å². The number of nitrogens with zero attached hydrogens (tertiary/aromatic N) is 3. The maximum absolute atomic E-state index is 12.6. The van der Waals surface area contributed by atoms with Crippen LogP contribution in [-0.4, -0.2) is 38.3 Å². The Bertz CT molecular complexity index is 1380. The van der Waals surface area contributed by atoms with Gasteiger partial charge in [0, 0.05) is 35.6 Å². The van der Waals surface area contributed by atoms with Gasteiger partial charge >= 0.3 is 6.03 Å². The van der Waals surface area contributed by atoms with Crippen LogP contribution >= 0.6 is 11.6 Å². The zero-order valence-corrected chi connectivity index (χ0v) is 18.6. The highest BCUT2D eigenvalue weighted by Crippen LogP contribution is 2.34. The summed E-state index contributed by atoms with van der Waals surface area (Å²) >= 11 is 6.27. The summed E-state index contributed by atoms with van der Waals surface area (Å²) in [5.74, 6) is 0.0225. The largest absolute Gasteiger partial charge is 0.383 e. The molecule has 11 heteroatoms. The van der Waals surface area contributed by atoms with Crippen LogP contribution in [-0.2, 0) is 9.59 Å². The van der Waals surface area contributed by atoms with Crippen LogP contribution < -0.4 is 21.7 Å². The van der Waals surface area contributed by atoms with E-state index < -0.39 is 11.6 Å². The van der Waals surface area contributed by atoms with Crippen molar-refractivity contribution in [2.45, 2.75) is 31.2 Å². The number of nitrogen functional groups attached to an aromatic ring is 1. The van der Waals surface area contributed by atoms with Crippen molar-refractivity contribution in [3.63, 3.8) is 0 Å². The average molecular weight is 478 g/mol. The lowest BCUT2D eigenvalue weighted by atomic mass is 9.79. The number of hydrogen-bond acceptors (Lipinski definition) is 7. The van der Waals surface area contributed by atoms with E-state index in [0.717, 1.165) is 11.0 Å². The van der Waals surface area contributed by atoms with E-state index >= 15 is 0 Å². The Hall–Kier alpha value is -4.05. The number of pyridine rings is 3. The number of nitrogens with one attached hydrogen (secondary N) is 3. The van der Waals surface area contributed by atoms with Crippen LogP contribution in [0, 0.1) is 0 Å². The van der Waals surface area contributed by atoms with Gasteiger partial charge in [-0.3, -0.25) is 19.9 Å². The van der Waals surface area contributed by atoms with Gasteiger partial charge in [0.25, 0.3) is 5.91 Å². The molecule has 5 rings (SSSR count). The summed E-state index contributed by atoms with van der Waals surface area (Å²) in [5, 5.41) is 9.65. The highest BCUT2D eigenvalue weighted by Gasteiger charge is 2.47. The fraction of sp³-hybridized carbons (Fsp3) is 0.217. The number of allylic oxidation sites excluding steroid dienone is 1. The van der Waals surface area contributed by atoms with E-state index in [0.29, 0.717) is 59.0 Å². The first-order valence-electron chi connectivity index (χ1n) is 10.6. The summed E-state index contributed by atoms with van der Waals surface area (Å²) in [7, 11) is 0. The lowest BCUT2D eigenvalue weighted by molar-refractivity contribution is -0.124. The smallest absolute Gasteiger partial charge is 0.322 e. The van der Waals surface area contributed by atoms with E-state index in [1.807, 2.05) is 6.07 Å². The molecule has 0 atom stereocenters. The summed E-state index contributed by atoms with van der Waals surface area (Å²) in [4.78, 5) is 48.9. The van der Waals surface area contributed by atoms with E-state index in [9.17, 15) is 14.4 Å². The first-order valence-corrected chi connectivity index (χ1v) is 11.0. The number of imide groups is 1. The molecule has 0 aromatic carbocycles. The van der Waals surface area contributed by atoms with Crippen molar-refractivity contribution in [3.8, 4) is 11.3 Å². The fourth-order valence-corrected chi connectivity index (χ4v) is 4.52. The Morgan fingerprint density at radius 3 is 2.71 bits per heavy atom. The Kier molecular flexibility index (Phi) is 5.37. The predicted molar refractivity (Wildman–Crippen MR) is 127 cm³/mol. The van der Waals surface area contributed by atoms with E-state index in [1.165, 1.54) is 6.08 Å². The molecule has 1 aliphatic carbocycles. The van der Waals surface area contributed by atoms with E-state index in [-0.39, 0.29) is 11.8 Å². The van der Waals surface area contributed by atoms with Crippen LogP contribution in [0.3, 0.4) is 0 Å². The molecule has 10 nitrogen and oxygen atoms in total. The SMILES string of the molecule is Nc1nc(-c2cnccc2Cl)cc2cc(NC(=O)C=C3CCC4(CC3)NC(=O)NC4=O)ncc12. The zero-order chi connectivity index (χ0) is 23.9. The third-order valence-corrected chi connectivity index (χ3v) is 6.47. The summed E-state index contributed by atoms with van der Waals surface area (Å²) in [6.07, 6.45) is 8.24. The van der Waals surface area contributed by atoms with Gasteiger partial charge in [-0.25, -0.2) is 14.8 Å². The van der Waals surface area contributed by atoms with Gasteiger partial charge in [0.1, 0.15) is 17.2 Å². The molecular weight excluding hydrogens is 458 g/mol. The minimum absolute atomic E-state index is 0.291. The molecule has 34 heavy (non-hydrogen) atoms. The van der Waals surface area contributed by atoms with E-state index in [4.69, 9.17) is 17.3 Å². The Labute approximate surface area is 199 Å². The molecule has 1 aliphatic heterocycles. The van der Waals surface area contributed by atoms with Crippen molar-refractivity contribution in [1.82, 2.24) is 25.6 Å². The normalized spacial score (nSPS) is 19.7. The molecule has 5 N–H and O–H groups in total. The number of carbonyl (C=O) groups is 3. The van der Waals surface area contributed by atoms with Gasteiger partial charge in [-0.2, -0.15) is 0 Å². The number of fused-ring (bicyclic) bond motifs is 1. The Morgan fingerprint density at radius 2 is 2.00 bits per heavy atom. The number of hydrogen-bond donors (Lipinski definition) is 4. The minimum atomic E-state index is -0.867. The van der Waals surface area contributed by atoms with Gasteiger partial charge in [0.05, 0.1) is 10.7 Å². The quantitative estimate of drug-likeness (QED) is 0.334. The van der Waals surface area contributed by atoms with Crippen molar-refractivity contribution in [1.29, 1.82) is 0 Å². The predicted octanol–water partition coefficient (Wildman–Crippen LogP) is 2.94.